The summed E-state index contributed by atoms with van der Waals surface area (Å²) in [4.78, 5) is 7.32. The minimum atomic E-state index is 0.0761. The minimum absolute atomic E-state index is 0.0761. The van der Waals surface area contributed by atoms with E-state index in [0.29, 0.717) is 0 Å². The van der Waals surface area contributed by atoms with Gasteiger partial charge in [0.05, 0.1) is 18.0 Å². The fourth-order valence-electron chi connectivity index (χ4n) is 1.47. The molecule has 0 radical (unpaired) electrons. The maximum atomic E-state index is 8.96. The highest BCUT2D eigenvalue weighted by molar-refractivity contribution is 7.11. The van der Waals surface area contributed by atoms with Crippen LogP contribution in [0.25, 0.3) is 0 Å². The Morgan fingerprint density at radius 2 is 2.06 bits per heavy atom. The van der Waals surface area contributed by atoms with Crippen molar-refractivity contribution in [2.75, 3.05) is 11.9 Å². The number of para-hydroxylation sites is 1. The van der Waals surface area contributed by atoms with Gasteiger partial charge >= 0.3 is 0 Å². The van der Waals surface area contributed by atoms with Crippen LogP contribution in [0.4, 0.5) is 5.69 Å². The van der Waals surface area contributed by atoms with E-state index in [1.54, 1.807) is 17.5 Å². The van der Waals surface area contributed by atoms with Crippen molar-refractivity contribution in [1.82, 2.24) is 4.98 Å². The molecule has 0 bridgehead atoms. The van der Waals surface area contributed by atoms with Crippen molar-refractivity contribution in [3.05, 3.63) is 46.4 Å². The molecule has 84 valence electrons. The van der Waals surface area contributed by atoms with Crippen molar-refractivity contribution >= 4 is 17.0 Å². The van der Waals surface area contributed by atoms with Gasteiger partial charge in [-0.3, -0.25) is 0 Å². The third kappa shape index (κ3) is 2.59. The number of aliphatic hydroxyl groups excluding tert-OH is 1. The minimum Gasteiger partial charge on any atom is -0.391 e. The number of anilines is 1. The number of benzene rings is 1. The van der Waals surface area contributed by atoms with Gasteiger partial charge in [0.1, 0.15) is 5.01 Å². The van der Waals surface area contributed by atoms with E-state index in [-0.39, 0.29) is 6.61 Å². The third-order valence-electron chi connectivity index (χ3n) is 2.33. The first-order chi connectivity index (χ1) is 7.79. The molecule has 0 atom stereocenters. The first kappa shape index (κ1) is 11.1. The molecular formula is C12H14N2OS. The van der Waals surface area contributed by atoms with E-state index >= 15 is 0 Å². The highest BCUT2D eigenvalue weighted by atomic mass is 32.1. The molecule has 0 aliphatic carbocycles. The Morgan fingerprint density at radius 3 is 2.69 bits per heavy atom. The second-order valence-electron chi connectivity index (χ2n) is 3.57. The summed E-state index contributed by atoms with van der Waals surface area (Å²) in [6, 6.07) is 10.2. The molecule has 1 aromatic carbocycles. The van der Waals surface area contributed by atoms with Gasteiger partial charge in [0.2, 0.25) is 0 Å². The van der Waals surface area contributed by atoms with Crippen LogP contribution in [0.15, 0.2) is 36.5 Å². The van der Waals surface area contributed by atoms with Crippen molar-refractivity contribution in [2.45, 2.75) is 13.2 Å². The van der Waals surface area contributed by atoms with Crippen LogP contribution >= 0.6 is 11.3 Å². The van der Waals surface area contributed by atoms with Gasteiger partial charge in [0, 0.05) is 18.9 Å². The molecule has 4 heteroatoms. The van der Waals surface area contributed by atoms with Crippen molar-refractivity contribution in [2.24, 2.45) is 0 Å². The smallest absolute Gasteiger partial charge is 0.112 e. The summed E-state index contributed by atoms with van der Waals surface area (Å²) in [6.07, 6.45) is 1.73. The van der Waals surface area contributed by atoms with Gasteiger partial charge in [-0.1, -0.05) is 18.2 Å². The quantitative estimate of drug-likeness (QED) is 0.881. The number of thiazole rings is 1. The molecule has 0 spiro atoms. The monoisotopic (exact) mass is 234 g/mol. The van der Waals surface area contributed by atoms with Crippen LogP contribution in [0.2, 0.25) is 0 Å². The van der Waals surface area contributed by atoms with Crippen molar-refractivity contribution < 1.29 is 5.11 Å². The summed E-state index contributed by atoms with van der Waals surface area (Å²) in [6.45, 7) is 0.849. The second kappa shape index (κ2) is 5.09. The number of hydrogen-bond donors (Lipinski definition) is 1. The molecule has 3 nitrogen and oxygen atoms in total. The Morgan fingerprint density at radius 1 is 1.31 bits per heavy atom. The zero-order valence-corrected chi connectivity index (χ0v) is 9.94. The molecule has 0 saturated carbocycles. The van der Waals surface area contributed by atoms with Gasteiger partial charge in [-0.2, -0.15) is 0 Å². The van der Waals surface area contributed by atoms with Crippen molar-refractivity contribution in [1.29, 1.82) is 0 Å². The molecular weight excluding hydrogens is 220 g/mol. The Labute approximate surface area is 99.0 Å². The standard InChI is InChI=1S/C12H14N2OS/c1-14(10-5-3-2-4-6-10)8-12-13-7-11(9-15)16-12/h2-7,15H,8-9H2,1H3. The van der Waals surface area contributed by atoms with Crippen LogP contribution in [0.1, 0.15) is 9.88 Å². The molecule has 16 heavy (non-hydrogen) atoms. The summed E-state index contributed by atoms with van der Waals surface area (Å²) >= 11 is 1.55. The molecule has 0 amide bonds. The lowest BCUT2D eigenvalue weighted by Gasteiger charge is -2.17. The Bertz CT molecular complexity index is 441. The summed E-state index contributed by atoms with van der Waals surface area (Å²) in [7, 11) is 2.04. The van der Waals surface area contributed by atoms with E-state index in [2.05, 4.69) is 22.0 Å². The summed E-state index contributed by atoms with van der Waals surface area (Å²) in [5, 5.41) is 9.98. The zero-order chi connectivity index (χ0) is 11.4. The van der Waals surface area contributed by atoms with E-state index in [1.165, 1.54) is 5.69 Å². The number of nitrogens with zero attached hydrogens (tertiary/aromatic N) is 2. The molecule has 0 aliphatic rings. The molecule has 1 N–H and O–H groups in total. The van der Waals surface area contributed by atoms with E-state index in [1.807, 2.05) is 25.2 Å². The van der Waals surface area contributed by atoms with E-state index < -0.39 is 0 Å². The number of aromatic nitrogens is 1. The van der Waals surface area contributed by atoms with Crippen LogP contribution in [0, 0.1) is 0 Å². The molecule has 0 saturated heterocycles. The first-order valence-electron chi connectivity index (χ1n) is 5.10. The van der Waals surface area contributed by atoms with Crippen LogP contribution in [0.3, 0.4) is 0 Å². The van der Waals surface area contributed by atoms with Gasteiger partial charge in [-0.25, -0.2) is 4.98 Å². The van der Waals surface area contributed by atoms with Crippen molar-refractivity contribution in [3.8, 4) is 0 Å². The zero-order valence-electron chi connectivity index (χ0n) is 9.13. The fourth-order valence-corrected chi connectivity index (χ4v) is 2.31. The first-order valence-corrected chi connectivity index (χ1v) is 5.92. The summed E-state index contributed by atoms with van der Waals surface area (Å²) in [5.41, 5.74) is 1.17. The summed E-state index contributed by atoms with van der Waals surface area (Å²) in [5.74, 6) is 0. The van der Waals surface area contributed by atoms with Gasteiger partial charge in [-0.15, -0.1) is 11.3 Å². The highest BCUT2D eigenvalue weighted by Gasteiger charge is 2.05. The van der Waals surface area contributed by atoms with Gasteiger partial charge < -0.3 is 10.0 Å². The molecule has 0 unspecified atom stereocenters. The topological polar surface area (TPSA) is 36.4 Å². The average Bonchev–Trinajstić information content (AvgIpc) is 2.78. The van der Waals surface area contributed by atoms with Crippen LogP contribution in [-0.4, -0.2) is 17.1 Å². The predicted molar refractivity (Wildman–Crippen MR) is 66.6 cm³/mol. The highest BCUT2D eigenvalue weighted by Crippen LogP contribution is 2.18. The molecule has 2 rings (SSSR count). The maximum absolute atomic E-state index is 8.96. The largest absolute Gasteiger partial charge is 0.391 e. The van der Waals surface area contributed by atoms with E-state index in [0.717, 1.165) is 16.4 Å². The SMILES string of the molecule is CN(Cc1ncc(CO)s1)c1ccccc1. The Balaban J connectivity index is 2.05. The third-order valence-corrected chi connectivity index (χ3v) is 3.29. The lowest BCUT2D eigenvalue weighted by molar-refractivity contribution is 0.285. The van der Waals surface area contributed by atoms with Crippen LogP contribution in [-0.2, 0) is 13.2 Å². The molecule has 0 fully saturated rings. The molecule has 2 aromatic rings. The lowest BCUT2D eigenvalue weighted by atomic mass is 10.3. The maximum Gasteiger partial charge on any atom is 0.112 e. The van der Waals surface area contributed by atoms with Crippen LogP contribution < -0.4 is 4.90 Å². The number of rotatable bonds is 4. The van der Waals surface area contributed by atoms with Crippen molar-refractivity contribution in [3.63, 3.8) is 0 Å². The van der Waals surface area contributed by atoms with Gasteiger partial charge in [0.25, 0.3) is 0 Å². The average molecular weight is 234 g/mol. The Hall–Kier alpha value is -1.39. The van der Waals surface area contributed by atoms with Gasteiger partial charge in [0.15, 0.2) is 0 Å². The Kier molecular flexibility index (Phi) is 3.54. The molecule has 1 heterocycles. The number of aliphatic hydroxyl groups is 1. The van der Waals surface area contributed by atoms with E-state index in [4.69, 9.17) is 5.11 Å². The normalized spacial score (nSPS) is 10.4. The fraction of sp³-hybridized carbons (Fsp3) is 0.250. The number of hydrogen-bond acceptors (Lipinski definition) is 4. The van der Waals surface area contributed by atoms with E-state index in [9.17, 15) is 0 Å². The van der Waals surface area contributed by atoms with Crippen LogP contribution in [0.5, 0.6) is 0 Å². The lowest BCUT2D eigenvalue weighted by Crippen LogP contribution is -2.15. The predicted octanol–water partition coefficient (Wildman–Crippen LogP) is 2.27. The second-order valence-corrected chi connectivity index (χ2v) is 4.77. The summed E-state index contributed by atoms with van der Waals surface area (Å²) < 4.78 is 0. The molecule has 1 aromatic heterocycles. The van der Waals surface area contributed by atoms with Gasteiger partial charge in [-0.05, 0) is 12.1 Å². The molecule has 0 aliphatic heterocycles.